The Morgan fingerprint density at radius 3 is 2.52 bits per heavy atom. The van der Waals surface area contributed by atoms with Crippen molar-refractivity contribution in [2.24, 2.45) is 0 Å². The zero-order chi connectivity index (χ0) is 22.7. The lowest BCUT2D eigenvalue weighted by atomic mass is 10.1. The first-order valence-corrected chi connectivity index (χ1v) is 8.91. The van der Waals surface area contributed by atoms with Crippen LogP contribution in [0.25, 0.3) is 6.08 Å². The second-order valence-electron chi connectivity index (χ2n) is 6.40. The Bertz CT molecular complexity index is 1100. The molecule has 1 aliphatic rings. The normalized spacial score (nSPS) is 15.5. The number of benzene rings is 2. The van der Waals surface area contributed by atoms with Gasteiger partial charge in [-0.15, -0.1) is 0 Å². The van der Waals surface area contributed by atoms with Crippen LogP contribution in [0.3, 0.4) is 0 Å². The van der Waals surface area contributed by atoms with Crippen LogP contribution < -0.4 is 19.9 Å². The molecule has 0 bridgehead atoms. The predicted octanol–water partition coefficient (Wildman–Crippen LogP) is 1.92. The molecule has 3 rings (SSSR count). The second-order valence-corrected chi connectivity index (χ2v) is 6.40. The van der Waals surface area contributed by atoms with Gasteiger partial charge in [0.2, 0.25) is 5.75 Å². The molecule has 0 radical (unpaired) electrons. The fourth-order valence-corrected chi connectivity index (χ4v) is 2.81. The molecule has 0 aromatic heterocycles. The van der Waals surface area contributed by atoms with Crippen LogP contribution in [0.2, 0.25) is 0 Å². The topological polar surface area (TPSA) is 148 Å². The summed E-state index contributed by atoms with van der Waals surface area (Å²) in [6.45, 7) is 1.21. The smallest absolute Gasteiger partial charge is 0.344 e. The maximum Gasteiger partial charge on any atom is 0.344 e. The fraction of sp³-hybridized carbons (Fsp3) is 0.150. The molecule has 2 aromatic rings. The van der Waals surface area contributed by atoms with E-state index in [-0.39, 0.29) is 22.6 Å². The molecule has 11 nitrogen and oxygen atoms in total. The number of nitrogens with one attached hydrogen (secondary N) is 1. The standard InChI is InChI=1S/C20H17N3O8/c1-11(20(26)27)31-17-15(23(28)29)9-12(10-16(17)30-2)8-14-18(24)21-22(19(14)25)13-6-4-3-5-7-13/h3-11H,1-2H3,(H,21,24)(H,26,27). The molecule has 11 heteroatoms. The monoisotopic (exact) mass is 427 g/mol. The van der Waals surface area contributed by atoms with Gasteiger partial charge < -0.3 is 14.6 Å². The van der Waals surface area contributed by atoms with Gasteiger partial charge in [0.25, 0.3) is 11.8 Å². The molecule has 0 spiro atoms. The van der Waals surface area contributed by atoms with Crippen molar-refractivity contribution in [3.05, 3.63) is 63.7 Å². The summed E-state index contributed by atoms with van der Waals surface area (Å²) in [6, 6.07) is 10.8. The summed E-state index contributed by atoms with van der Waals surface area (Å²) in [5.74, 6) is -3.15. The van der Waals surface area contributed by atoms with Crippen LogP contribution in [0.15, 0.2) is 48.0 Å². The number of nitro benzene ring substituents is 1. The molecule has 31 heavy (non-hydrogen) atoms. The molecule has 2 N–H and O–H groups in total. The van der Waals surface area contributed by atoms with Crippen molar-refractivity contribution in [1.82, 2.24) is 5.43 Å². The maximum atomic E-state index is 12.7. The largest absolute Gasteiger partial charge is 0.493 e. The Hall–Kier alpha value is -4.41. The number of rotatable bonds is 7. The minimum absolute atomic E-state index is 0.118. The van der Waals surface area contributed by atoms with E-state index in [2.05, 4.69) is 5.43 Å². The Labute approximate surface area is 175 Å². The van der Waals surface area contributed by atoms with Crippen molar-refractivity contribution < 1.29 is 33.9 Å². The zero-order valence-electron chi connectivity index (χ0n) is 16.4. The van der Waals surface area contributed by atoms with Gasteiger partial charge in [0.1, 0.15) is 5.57 Å². The number of nitrogens with zero attached hydrogens (tertiary/aromatic N) is 2. The lowest BCUT2D eigenvalue weighted by Gasteiger charge is -2.14. The highest BCUT2D eigenvalue weighted by Gasteiger charge is 2.35. The third kappa shape index (κ3) is 4.29. The number of carbonyl (C=O) groups is 3. The van der Waals surface area contributed by atoms with Crippen LogP contribution in [0.5, 0.6) is 11.5 Å². The summed E-state index contributed by atoms with van der Waals surface area (Å²) in [6.07, 6.45) is -0.195. The van der Waals surface area contributed by atoms with Crippen molar-refractivity contribution in [3.8, 4) is 11.5 Å². The molecule has 1 heterocycles. The number of hydrazine groups is 1. The number of para-hydroxylation sites is 1. The molecule has 1 aliphatic heterocycles. The van der Waals surface area contributed by atoms with Crippen LogP contribution in [0, 0.1) is 10.1 Å². The summed E-state index contributed by atoms with van der Waals surface area (Å²) in [5, 5.41) is 21.6. The van der Waals surface area contributed by atoms with Crippen LogP contribution in [0.1, 0.15) is 12.5 Å². The van der Waals surface area contributed by atoms with Gasteiger partial charge in [-0.3, -0.25) is 25.1 Å². The number of anilines is 1. The summed E-state index contributed by atoms with van der Waals surface area (Å²) in [5.41, 5.74) is 2.17. The number of aliphatic carboxylic acids is 1. The molecule has 1 saturated heterocycles. The number of carboxylic acids is 1. The second kappa shape index (κ2) is 8.53. The molecular formula is C20H17N3O8. The lowest BCUT2D eigenvalue weighted by molar-refractivity contribution is -0.386. The highest BCUT2D eigenvalue weighted by atomic mass is 16.6. The van der Waals surface area contributed by atoms with Crippen LogP contribution in [-0.2, 0) is 14.4 Å². The van der Waals surface area contributed by atoms with E-state index in [0.29, 0.717) is 5.69 Å². The van der Waals surface area contributed by atoms with E-state index in [4.69, 9.17) is 14.6 Å². The van der Waals surface area contributed by atoms with E-state index >= 15 is 0 Å². The van der Waals surface area contributed by atoms with Gasteiger partial charge in [-0.2, -0.15) is 0 Å². The van der Waals surface area contributed by atoms with Crippen molar-refractivity contribution in [2.75, 3.05) is 12.1 Å². The van der Waals surface area contributed by atoms with Gasteiger partial charge in [-0.1, -0.05) is 18.2 Å². The first kappa shape index (κ1) is 21.3. The summed E-state index contributed by atoms with van der Waals surface area (Å²) in [4.78, 5) is 46.9. The quantitative estimate of drug-likeness (QED) is 0.295. The minimum Gasteiger partial charge on any atom is -0.493 e. The van der Waals surface area contributed by atoms with Crippen LogP contribution in [-0.4, -0.2) is 41.0 Å². The Morgan fingerprint density at radius 2 is 1.94 bits per heavy atom. The summed E-state index contributed by atoms with van der Waals surface area (Å²) < 4.78 is 10.3. The number of amides is 2. The van der Waals surface area contributed by atoms with Crippen LogP contribution in [0.4, 0.5) is 11.4 Å². The van der Waals surface area contributed by atoms with Gasteiger partial charge in [0.15, 0.2) is 11.9 Å². The van der Waals surface area contributed by atoms with Gasteiger partial charge >= 0.3 is 11.7 Å². The summed E-state index contributed by atoms with van der Waals surface area (Å²) in [7, 11) is 1.22. The van der Waals surface area contributed by atoms with E-state index in [0.717, 1.165) is 11.1 Å². The molecule has 0 saturated carbocycles. The van der Waals surface area contributed by atoms with Gasteiger partial charge in [0, 0.05) is 6.07 Å². The number of carboxylic acid groups (broad SMARTS) is 1. The minimum atomic E-state index is -1.38. The third-order valence-corrected chi connectivity index (χ3v) is 4.33. The molecule has 160 valence electrons. The number of hydrogen-bond donors (Lipinski definition) is 2. The zero-order valence-corrected chi connectivity index (χ0v) is 16.4. The number of hydrogen-bond acceptors (Lipinski definition) is 7. The lowest BCUT2D eigenvalue weighted by Crippen LogP contribution is -2.35. The van der Waals surface area contributed by atoms with Crippen molar-refractivity contribution >= 4 is 35.2 Å². The molecule has 2 aromatic carbocycles. The van der Waals surface area contributed by atoms with E-state index in [1.165, 1.54) is 26.2 Å². The molecule has 1 atom stereocenters. The van der Waals surface area contributed by atoms with Gasteiger partial charge in [-0.05, 0) is 36.8 Å². The average Bonchev–Trinajstić information content (AvgIpc) is 3.02. The molecule has 0 aliphatic carbocycles. The number of ether oxygens (including phenoxy) is 2. The van der Waals surface area contributed by atoms with Crippen molar-refractivity contribution in [3.63, 3.8) is 0 Å². The first-order valence-electron chi connectivity index (χ1n) is 8.91. The summed E-state index contributed by atoms with van der Waals surface area (Å²) >= 11 is 0. The van der Waals surface area contributed by atoms with Gasteiger partial charge in [-0.25, -0.2) is 9.80 Å². The Morgan fingerprint density at radius 1 is 1.26 bits per heavy atom. The highest BCUT2D eigenvalue weighted by Crippen LogP contribution is 2.39. The number of methoxy groups -OCH3 is 1. The molecular weight excluding hydrogens is 410 g/mol. The predicted molar refractivity (Wildman–Crippen MR) is 107 cm³/mol. The van der Waals surface area contributed by atoms with Crippen molar-refractivity contribution in [2.45, 2.75) is 13.0 Å². The van der Waals surface area contributed by atoms with E-state index in [1.54, 1.807) is 30.3 Å². The molecule has 2 amide bonds. The SMILES string of the molecule is COc1cc(C=C2C(=O)NN(c3ccccc3)C2=O)cc([N+](=O)[O-])c1OC(C)C(=O)O. The van der Waals surface area contributed by atoms with Crippen molar-refractivity contribution in [1.29, 1.82) is 0 Å². The molecule has 1 unspecified atom stereocenters. The van der Waals surface area contributed by atoms with Gasteiger partial charge in [0.05, 0.1) is 17.7 Å². The Kier molecular flexibility index (Phi) is 5.86. The number of nitro groups is 1. The third-order valence-electron chi connectivity index (χ3n) is 4.33. The maximum absolute atomic E-state index is 12.7. The van der Waals surface area contributed by atoms with E-state index in [9.17, 15) is 24.5 Å². The van der Waals surface area contributed by atoms with E-state index in [1.807, 2.05) is 0 Å². The molecule has 1 fully saturated rings. The number of carbonyl (C=O) groups excluding carboxylic acids is 2. The fourth-order valence-electron chi connectivity index (χ4n) is 2.81. The Balaban J connectivity index is 2.03. The van der Waals surface area contributed by atoms with E-state index < -0.39 is 34.5 Å². The van der Waals surface area contributed by atoms with Crippen LogP contribution >= 0.6 is 0 Å². The highest BCUT2D eigenvalue weighted by molar-refractivity contribution is 6.31. The average molecular weight is 427 g/mol. The first-order chi connectivity index (χ1) is 14.7.